The van der Waals surface area contributed by atoms with Crippen LogP contribution in [0.4, 0.5) is 5.82 Å². The molecule has 4 N–H and O–H groups in total. The van der Waals surface area contributed by atoms with Crippen LogP contribution >= 0.6 is 0 Å². The molecule has 0 bridgehead atoms. The number of nitrogens with zero attached hydrogens (tertiary/aromatic N) is 1. The molecule has 1 aliphatic heterocycles. The van der Waals surface area contributed by atoms with Crippen molar-refractivity contribution < 1.29 is 34.1 Å². The molecule has 1 saturated heterocycles. The summed E-state index contributed by atoms with van der Waals surface area (Å²) in [5.74, 6) is -1.52. The number of fused-ring (bicyclic) bond motifs is 2. The van der Waals surface area contributed by atoms with E-state index in [1.54, 1.807) is 30.5 Å². The van der Waals surface area contributed by atoms with Crippen molar-refractivity contribution in [2.45, 2.75) is 76.6 Å². The van der Waals surface area contributed by atoms with Gasteiger partial charge in [-0.25, -0.2) is 9.78 Å². The topological polar surface area (TPSA) is 152 Å². The lowest BCUT2D eigenvalue weighted by molar-refractivity contribution is -0.151. The molecular weight excluding hydrogens is 584 g/mol. The Morgan fingerprint density at radius 1 is 1.02 bits per heavy atom. The average Bonchev–Trinajstić information content (AvgIpc) is 3.75. The number of benzene rings is 2. The van der Waals surface area contributed by atoms with Crippen molar-refractivity contribution in [3.8, 4) is 0 Å². The quantitative estimate of drug-likeness (QED) is 0.101. The van der Waals surface area contributed by atoms with Gasteiger partial charge in [0, 0.05) is 23.7 Å². The predicted octanol–water partition coefficient (Wildman–Crippen LogP) is 4.62. The van der Waals surface area contributed by atoms with Crippen molar-refractivity contribution >= 4 is 23.4 Å². The molecule has 9 heteroatoms. The number of rotatable bonds is 14. The van der Waals surface area contributed by atoms with Crippen LogP contribution in [0, 0.1) is 5.92 Å². The minimum atomic E-state index is -2.20. The first-order valence-electron chi connectivity index (χ1n) is 15.8. The van der Waals surface area contributed by atoms with E-state index in [0.29, 0.717) is 49.1 Å². The largest absolute Gasteiger partial charge is 0.460 e. The van der Waals surface area contributed by atoms with Gasteiger partial charge in [-0.3, -0.25) is 9.59 Å². The Labute approximate surface area is 269 Å². The van der Waals surface area contributed by atoms with Gasteiger partial charge in [-0.1, -0.05) is 68.0 Å². The first-order chi connectivity index (χ1) is 22.0. The van der Waals surface area contributed by atoms with Crippen molar-refractivity contribution in [3.05, 3.63) is 106 Å². The molecule has 2 aromatic carbocycles. The summed E-state index contributed by atoms with van der Waals surface area (Å²) in [5, 5.41) is 21.1. The summed E-state index contributed by atoms with van der Waals surface area (Å²) < 4.78 is 11.6. The molecule has 9 nitrogen and oxygen atoms in total. The highest BCUT2D eigenvalue weighted by atomic mass is 16.7. The third kappa shape index (κ3) is 6.40. The van der Waals surface area contributed by atoms with Gasteiger partial charge < -0.3 is 25.4 Å². The molecule has 0 radical (unpaired) electrons. The maximum Gasteiger partial charge on any atom is 0.350 e. The molecule has 3 atom stereocenters. The number of nitrogens with two attached hydrogens (primary N) is 1. The first kappa shape index (κ1) is 33.2. The summed E-state index contributed by atoms with van der Waals surface area (Å²) >= 11 is 0. The molecule has 242 valence electrons. The standard InChI is InChI=1S/C37H42N2O7/c1-23(2)18-27-10-7-11-30-32(27)34(43)37(35(44)45-22-29(41)15-14-25-8-5-4-6-9-25)36(46-37,33(30)42)20-28(21-40)24(3)12-13-26-16-17-39-31(38)19-26/h4-11,16-17,19,23,29,40-41H,12-15,18,20-22H2,1-3H3,(H2,38,39). The first-order valence-corrected chi connectivity index (χ1v) is 15.8. The number of epoxide rings is 1. The van der Waals surface area contributed by atoms with Gasteiger partial charge in [0.25, 0.3) is 5.60 Å². The van der Waals surface area contributed by atoms with E-state index in [-0.39, 0.29) is 36.7 Å². The number of pyridine rings is 1. The van der Waals surface area contributed by atoms with Crippen molar-refractivity contribution in [1.82, 2.24) is 4.98 Å². The van der Waals surface area contributed by atoms with Crippen LogP contribution in [0.2, 0.25) is 0 Å². The van der Waals surface area contributed by atoms with E-state index in [2.05, 4.69) is 4.98 Å². The third-order valence-electron chi connectivity index (χ3n) is 8.99. The average molecular weight is 627 g/mol. The lowest BCUT2D eigenvalue weighted by Crippen LogP contribution is -2.51. The van der Waals surface area contributed by atoms with Gasteiger partial charge in [-0.2, -0.15) is 0 Å². The summed E-state index contributed by atoms with van der Waals surface area (Å²) in [6.07, 6.45) is 3.08. The van der Waals surface area contributed by atoms with Crippen LogP contribution in [0.25, 0.3) is 0 Å². The van der Waals surface area contributed by atoms with Crippen LogP contribution in [0.15, 0.2) is 78.0 Å². The number of hydrogen-bond donors (Lipinski definition) is 3. The minimum absolute atomic E-state index is 0.155. The molecule has 1 fully saturated rings. The Hall–Kier alpha value is -4.18. The molecule has 3 unspecified atom stereocenters. The van der Waals surface area contributed by atoms with Crippen LogP contribution in [0.5, 0.6) is 0 Å². The van der Waals surface area contributed by atoms with E-state index in [1.165, 1.54) is 0 Å². The molecule has 0 amide bonds. The van der Waals surface area contributed by atoms with Gasteiger partial charge in [-0.15, -0.1) is 0 Å². The number of hydrogen-bond acceptors (Lipinski definition) is 9. The number of ether oxygens (including phenoxy) is 2. The smallest absolute Gasteiger partial charge is 0.350 e. The van der Waals surface area contributed by atoms with Gasteiger partial charge in [-0.05, 0) is 79.3 Å². The highest BCUT2D eigenvalue weighted by Crippen LogP contribution is 2.60. The van der Waals surface area contributed by atoms with E-state index >= 15 is 0 Å². The molecule has 1 aliphatic carbocycles. The summed E-state index contributed by atoms with van der Waals surface area (Å²) in [5.41, 5.74) is 6.10. The van der Waals surface area contributed by atoms with Crippen LogP contribution in [0.1, 0.15) is 77.4 Å². The van der Waals surface area contributed by atoms with Gasteiger partial charge >= 0.3 is 5.97 Å². The second kappa shape index (κ2) is 13.7. The molecule has 5 rings (SSSR count). The molecule has 46 heavy (non-hydrogen) atoms. The summed E-state index contributed by atoms with van der Waals surface area (Å²) in [6.45, 7) is 5.12. The number of aromatic nitrogens is 1. The maximum absolute atomic E-state index is 14.4. The van der Waals surface area contributed by atoms with Crippen LogP contribution in [-0.4, -0.2) is 63.3 Å². The van der Waals surface area contributed by atoms with Crippen molar-refractivity contribution in [3.63, 3.8) is 0 Å². The predicted molar refractivity (Wildman–Crippen MR) is 173 cm³/mol. The highest BCUT2D eigenvalue weighted by Gasteiger charge is 2.85. The number of carbonyl (C=O) groups excluding carboxylic acids is 3. The Morgan fingerprint density at radius 2 is 1.78 bits per heavy atom. The number of aryl methyl sites for hydroxylation is 2. The fraction of sp³-hybridized carbons (Fsp3) is 0.405. The Bertz CT molecular complexity index is 1650. The van der Waals surface area contributed by atoms with Crippen LogP contribution < -0.4 is 5.73 Å². The monoisotopic (exact) mass is 626 g/mol. The number of allylic oxidation sites excluding steroid dienone is 1. The van der Waals surface area contributed by atoms with Crippen LogP contribution in [-0.2, 0) is 33.5 Å². The van der Waals surface area contributed by atoms with Gasteiger partial charge in [0.05, 0.1) is 12.7 Å². The highest BCUT2D eigenvalue weighted by molar-refractivity contribution is 6.33. The van der Waals surface area contributed by atoms with E-state index in [1.807, 2.05) is 57.2 Å². The van der Waals surface area contributed by atoms with Crippen LogP contribution in [0.3, 0.4) is 0 Å². The van der Waals surface area contributed by atoms with Crippen molar-refractivity contribution in [2.75, 3.05) is 18.9 Å². The zero-order valence-electron chi connectivity index (χ0n) is 26.6. The zero-order valence-corrected chi connectivity index (χ0v) is 26.6. The number of ketones is 2. The number of aliphatic hydroxyl groups excluding tert-OH is 2. The molecule has 1 aromatic heterocycles. The summed E-state index contributed by atoms with van der Waals surface area (Å²) in [7, 11) is 0. The normalized spacial score (nSPS) is 21.3. The minimum Gasteiger partial charge on any atom is -0.460 e. The number of esters is 1. The SMILES string of the molecule is CC(CCc1ccnc(N)c1)=C(CO)CC12OC1(C(=O)OCC(O)CCc1ccccc1)C(=O)c1c(CC(C)C)cccc1C2=O. The van der Waals surface area contributed by atoms with Gasteiger partial charge in [0.2, 0.25) is 5.78 Å². The molecule has 0 saturated carbocycles. The van der Waals surface area contributed by atoms with E-state index in [4.69, 9.17) is 15.2 Å². The molecule has 3 aromatic rings. The zero-order chi connectivity index (χ0) is 33.1. The Balaban J connectivity index is 1.43. The van der Waals surface area contributed by atoms with E-state index in [9.17, 15) is 24.6 Å². The number of carbonyl (C=O) groups is 3. The Kier molecular flexibility index (Phi) is 9.86. The summed E-state index contributed by atoms with van der Waals surface area (Å²) in [4.78, 5) is 46.6. The van der Waals surface area contributed by atoms with Crippen molar-refractivity contribution in [2.24, 2.45) is 5.92 Å². The molecular formula is C37H42N2O7. The molecule has 2 heterocycles. The molecule has 2 aliphatic rings. The lowest BCUT2D eigenvalue weighted by Gasteiger charge is -2.27. The van der Waals surface area contributed by atoms with Gasteiger partial charge in [0.15, 0.2) is 11.4 Å². The van der Waals surface area contributed by atoms with Crippen molar-refractivity contribution in [1.29, 1.82) is 0 Å². The number of anilines is 1. The fourth-order valence-electron chi connectivity index (χ4n) is 6.41. The lowest BCUT2D eigenvalue weighted by atomic mass is 9.69. The van der Waals surface area contributed by atoms with E-state index in [0.717, 1.165) is 16.7 Å². The second-order valence-corrected chi connectivity index (χ2v) is 12.8. The number of aliphatic hydroxyl groups is 2. The summed E-state index contributed by atoms with van der Waals surface area (Å²) in [6, 6.07) is 18.4. The number of nitrogen functional groups attached to an aromatic ring is 1. The third-order valence-corrected chi connectivity index (χ3v) is 8.99. The maximum atomic E-state index is 14.4. The fourth-order valence-corrected chi connectivity index (χ4v) is 6.41. The van der Waals surface area contributed by atoms with Gasteiger partial charge in [0.1, 0.15) is 12.4 Å². The molecule has 0 spiro atoms. The second-order valence-electron chi connectivity index (χ2n) is 12.8. The Morgan fingerprint density at radius 3 is 2.48 bits per heavy atom. The van der Waals surface area contributed by atoms with E-state index < -0.39 is 34.8 Å². The number of Topliss-reactive ketones (excluding diaryl/α,β-unsaturated/α-hetero) is 2.